The molecule has 0 radical (unpaired) electrons. The molecule has 1 aromatic rings. The van der Waals surface area contributed by atoms with E-state index in [1.165, 1.54) is 6.92 Å². The quantitative estimate of drug-likeness (QED) is 0.797. The van der Waals surface area contributed by atoms with Gasteiger partial charge in [-0.1, -0.05) is 23.4 Å². The van der Waals surface area contributed by atoms with Gasteiger partial charge in [-0.25, -0.2) is 0 Å². The SMILES string of the molecule is COc1ccc(C#CCNC(C)=O)c(Cl)c1. The Balaban J connectivity index is 2.70. The summed E-state index contributed by atoms with van der Waals surface area (Å²) in [4.78, 5) is 10.6. The van der Waals surface area contributed by atoms with Crippen LogP contribution >= 0.6 is 11.6 Å². The maximum absolute atomic E-state index is 10.6. The van der Waals surface area contributed by atoms with Gasteiger partial charge in [0, 0.05) is 12.5 Å². The van der Waals surface area contributed by atoms with Crippen molar-refractivity contribution in [2.75, 3.05) is 13.7 Å². The molecule has 0 saturated carbocycles. The minimum atomic E-state index is -0.102. The highest BCUT2D eigenvalue weighted by molar-refractivity contribution is 6.31. The topological polar surface area (TPSA) is 38.3 Å². The molecule has 0 saturated heterocycles. The number of rotatable bonds is 2. The summed E-state index contributed by atoms with van der Waals surface area (Å²) in [6.07, 6.45) is 0. The molecule has 0 spiro atoms. The van der Waals surface area contributed by atoms with Gasteiger partial charge in [0.25, 0.3) is 0 Å². The fraction of sp³-hybridized carbons (Fsp3) is 0.250. The van der Waals surface area contributed by atoms with Crippen LogP contribution in [0.3, 0.4) is 0 Å². The van der Waals surface area contributed by atoms with Crippen molar-refractivity contribution in [3.63, 3.8) is 0 Å². The van der Waals surface area contributed by atoms with E-state index < -0.39 is 0 Å². The maximum atomic E-state index is 10.6. The van der Waals surface area contributed by atoms with Gasteiger partial charge in [0.05, 0.1) is 18.7 Å². The van der Waals surface area contributed by atoms with Crippen molar-refractivity contribution in [3.8, 4) is 17.6 Å². The van der Waals surface area contributed by atoms with E-state index in [1.54, 1.807) is 25.3 Å². The lowest BCUT2D eigenvalue weighted by atomic mass is 10.2. The number of ether oxygens (including phenoxy) is 1. The zero-order chi connectivity index (χ0) is 12.0. The fourth-order valence-corrected chi connectivity index (χ4v) is 1.25. The minimum Gasteiger partial charge on any atom is -0.497 e. The van der Waals surface area contributed by atoms with Gasteiger partial charge >= 0.3 is 0 Å². The van der Waals surface area contributed by atoms with E-state index >= 15 is 0 Å². The molecule has 0 aliphatic rings. The van der Waals surface area contributed by atoms with E-state index in [9.17, 15) is 4.79 Å². The van der Waals surface area contributed by atoms with Gasteiger partial charge in [0.2, 0.25) is 5.91 Å². The van der Waals surface area contributed by atoms with E-state index in [0.29, 0.717) is 22.9 Å². The van der Waals surface area contributed by atoms with E-state index in [4.69, 9.17) is 16.3 Å². The molecule has 0 bridgehead atoms. The second kappa shape index (κ2) is 6.04. The van der Waals surface area contributed by atoms with E-state index in [-0.39, 0.29) is 5.91 Å². The fourth-order valence-electron chi connectivity index (χ4n) is 1.03. The number of nitrogens with one attached hydrogen (secondary N) is 1. The number of carbonyl (C=O) groups is 1. The first-order chi connectivity index (χ1) is 7.63. The first kappa shape index (κ1) is 12.4. The molecule has 3 nitrogen and oxygen atoms in total. The summed E-state index contributed by atoms with van der Waals surface area (Å²) >= 11 is 5.98. The highest BCUT2D eigenvalue weighted by Crippen LogP contribution is 2.21. The largest absolute Gasteiger partial charge is 0.497 e. The lowest BCUT2D eigenvalue weighted by Crippen LogP contribution is -2.19. The van der Waals surface area contributed by atoms with E-state index in [0.717, 1.165) is 0 Å². The van der Waals surface area contributed by atoms with Gasteiger partial charge in [-0.05, 0) is 18.2 Å². The Morgan fingerprint density at radius 1 is 1.56 bits per heavy atom. The van der Waals surface area contributed by atoms with Crippen LogP contribution in [0.4, 0.5) is 0 Å². The lowest BCUT2D eigenvalue weighted by molar-refractivity contribution is -0.118. The highest BCUT2D eigenvalue weighted by Gasteiger charge is 1.98. The first-order valence-electron chi connectivity index (χ1n) is 4.70. The molecule has 84 valence electrons. The molecule has 0 heterocycles. The number of carbonyl (C=O) groups excluding carboxylic acids is 1. The van der Waals surface area contributed by atoms with Crippen LogP contribution in [0.2, 0.25) is 5.02 Å². The molecule has 0 fully saturated rings. The number of methoxy groups -OCH3 is 1. The Hall–Kier alpha value is -1.66. The molecule has 0 aromatic heterocycles. The second-order valence-electron chi connectivity index (χ2n) is 3.06. The van der Waals surface area contributed by atoms with Crippen molar-refractivity contribution >= 4 is 17.5 Å². The molecule has 4 heteroatoms. The summed E-state index contributed by atoms with van der Waals surface area (Å²) in [5.41, 5.74) is 0.716. The molecule has 0 atom stereocenters. The molecular formula is C12H12ClNO2. The highest BCUT2D eigenvalue weighted by atomic mass is 35.5. The molecule has 16 heavy (non-hydrogen) atoms. The lowest BCUT2D eigenvalue weighted by Gasteiger charge is -2.01. The molecule has 0 aliphatic carbocycles. The number of benzene rings is 1. The normalized spacial score (nSPS) is 8.94. The summed E-state index contributed by atoms with van der Waals surface area (Å²) < 4.78 is 5.02. The molecular weight excluding hydrogens is 226 g/mol. The molecule has 0 aliphatic heterocycles. The Kier molecular flexibility index (Phi) is 4.68. The monoisotopic (exact) mass is 237 g/mol. The van der Waals surface area contributed by atoms with Gasteiger partial charge in [-0.15, -0.1) is 0 Å². The summed E-state index contributed by atoms with van der Waals surface area (Å²) in [6.45, 7) is 1.76. The van der Waals surface area contributed by atoms with Crippen molar-refractivity contribution < 1.29 is 9.53 Å². The zero-order valence-electron chi connectivity index (χ0n) is 9.13. The molecule has 1 aromatic carbocycles. The van der Waals surface area contributed by atoms with Gasteiger partial charge in [0.15, 0.2) is 0 Å². The van der Waals surface area contributed by atoms with E-state index in [2.05, 4.69) is 17.2 Å². The van der Waals surface area contributed by atoms with Gasteiger partial charge < -0.3 is 10.1 Å². The van der Waals surface area contributed by atoms with Crippen molar-refractivity contribution in [1.82, 2.24) is 5.32 Å². The van der Waals surface area contributed by atoms with Gasteiger partial charge in [-0.3, -0.25) is 4.79 Å². The third-order valence-electron chi connectivity index (χ3n) is 1.83. The van der Waals surface area contributed by atoms with Crippen LogP contribution in [0, 0.1) is 11.8 Å². The summed E-state index contributed by atoms with van der Waals surface area (Å²) in [5.74, 6) is 6.26. The first-order valence-corrected chi connectivity index (χ1v) is 5.08. The summed E-state index contributed by atoms with van der Waals surface area (Å²) in [6, 6.07) is 5.26. The van der Waals surface area contributed by atoms with Crippen molar-refractivity contribution in [2.24, 2.45) is 0 Å². The Labute approximate surface area is 99.7 Å². The van der Waals surface area contributed by atoms with E-state index in [1.807, 2.05) is 0 Å². The molecule has 1 N–H and O–H groups in total. The van der Waals surface area contributed by atoms with Gasteiger partial charge in [0.1, 0.15) is 5.75 Å². The third kappa shape index (κ3) is 3.84. The summed E-state index contributed by atoms with van der Waals surface area (Å²) in [5, 5.41) is 3.11. The van der Waals surface area contributed by atoms with Crippen LogP contribution in [-0.2, 0) is 4.79 Å². The Morgan fingerprint density at radius 3 is 2.88 bits per heavy atom. The number of hydrogen-bond acceptors (Lipinski definition) is 2. The second-order valence-corrected chi connectivity index (χ2v) is 3.46. The number of hydrogen-bond donors (Lipinski definition) is 1. The Bertz CT molecular complexity index is 446. The van der Waals surface area contributed by atoms with Crippen LogP contribution in [-0.4, -0.2) is 19.6 Å². The van der Waals surface area contributed by atoms with Gasteiger partial charge in [-0.2, -0.15) is 0 Å². The van der Waals surface area contributed by atoms with Crippen molar-refractivity contribution in [2.45, 2.75) is 6.92 Å². The van der Waals surface area contributed by atoms with Crippen LogP contribution in [0.5, 0.6) is 5.75 Å². The van der Waals surface area contributed by atoms with Crippen LogP contribution in [0.1, 0.15) is 12.5 Å². The van der Waals surface area contributed by atoms with Crippen molar-refractivity contribution in [1.29, 1.82) is 0 Å². The standard InChI is InChI=1S/C12H12ClNO2/c1-9(15)14-7-3-4-10-5-6-11(16-2)8-12(10)13/h5-6,8H,7H2,1-2H3,(H,14,15). The predicted molar refractivity (Wildman–Crippen MR) is 63.6 cm³/mol. The smallest absolute Gasteiger partial charge is 0.217 e. The van der Waals surface area contributed by atoms with Crippen LogP contribution in [0.15, 0.2) is 18.2 Å². The minimum absolute atomic E-state index is 0.102. The molecule has 0 unspecified atom stereocenters. The maximum Gasteiger partial charge on any atom is 0.217 e. The average Bonchev–Trinajstić information content (AvgIpc) is 2.25. The average molecular weight is 238 g/mol. The molecule has 1 amide bonds. The Morgan fingerprint density at radius 2 is 2.31 bits per heavy atom. The predicted octanol–water partition coefficient (Wildman–Crippen LogP) is 1.84. The van der Waals surface area contributed by atoms with Crippen molar-refractivity contribution in [3.05, 3.63) is 28.8 Å². The zero-order valence-corrected chi connectivity index (χ0v) is 9.89. The summed E-state index contributed by atoms with van der Waals surface area (Å²) in [7, 11) is 1.58. The van der Waals surface area contributed by atoms with Crippen LogP contribution < -0.4 is 10.1 Å². The van der Waals surface area contributed by atoms with Crippen LogP contribution in [0.25, 0.3) is 0 Å². The molecule has 1 rings (SSSR count). The third-order valence-corrected chi connectivity index (χ3v) is 2.14. The number of halogens is 1. The number of amides is 1.